The van der Waals surface area contributed by atoms with E-state index in [-0.39, 0.29) is 5.54 Å². The lowest BCUT2D eigenvalue weighted by Gasteiger charge is -2.36. The first kappa shape index (κ1) is 26.8. The number of nitrogens with zero attached hydrogens (tertiary/aromatic N) is 4. The molecule has 0 aliphatic heterocycles. The number of nitrogen functional groups attached to an aromatic ring is 1. The summed E-state index contributed by atoms with van der Waals surface area (Å²) < 4.78 is 2.41. The van der Waals surface area contributed by atoms with Gasteiger partial charge < -0.3 is 10.3 Å². The average Bonchev–Trinajstić information content (AvgIpc) is 3.70. The Bertz CT molecular complexity index is 1650. The molecule has 0 spiro atoms. The topological polar surface area (TPSA) is 60.0 Å². The Morgan fingerprint density at radius 1 is 0.900 bits per heavy atom. The van der Waals surface area contributed by atoms with Crippen LogP contribution in [0.2, 0.25) is 0 Å². The second-order valence-corrected chi connectivity index (χ2v) is 12.7. The van der Waals surface area contributed by atoms with Gasteiger partial charge >= 0.3 is 0 Å². The van der Waals surface area contributed by atoms with Gasteiger partial charge in [0.25, 0.3) is 0 Å². The highest BCUT2D eigenvalue weighted by atomic mass is 15.2. The molecule has 0 radical (unpaired) electrons. The van der Waals surface area contributed by atoms with Crippen molar-refractivity contribution in [2.45, 2.75) is 84.8 Å². The third-order valence-electron chi connectivity index (χ3n) is 8.69. The molecule has 0 atom stereocenters. The number of benzene rings is 3. The Morgan fingerprint density at radius 2 is 1.57 bits per heavy atom. The van der Waals surface area contributed by atoms with Crippen molar-refractivity contribution in [3.05, 3.63) is 77.6 Å². The Morgan fingerprint density at radius 3 is 2.27 bits per heavy atom. The minimum atomic E-state index is 0.133. The van der Waals surface area contributed by atoms with Gasteiger partial charge in [-0.25, -0.2) is 9.97 Å². The maximum Gasteiger partial charge on any atom is 0.152 e. The molecule has 1 aliphatic rings. The molecule has 0 unspecified atom stereocenters. The molecular formula is C35H43N5. The summed E-state index contributed by atoms with van der Waals surface area (Å²) in [7, 11) is 0. The van der Waals surface area contributed by atoms with Crippen LogP contribution in [0.3, 0.4) is 0 Å². The number of pyridine rings is 1. The molecule has 5 nitrogen and oxygen atoms in total. The van der Waals surface area contributed by atoms with Gasteiger partial charge in [-0.3, -0.25) is 4.90 Å². The zero-order valence-corrected chi connectivity index (χ0v) is 24.6. The van der Waals surface area contributed by atoms with E-state index in [0.717, 1.165) is 72.6 Å². The molecule has 6 rings (SSSR count). The lowest BCUT2D eigenvalue weighted by atomic mass is 9.97. The summed E-state index contributed by atoms with van der Waals surface area (Å²) in [5.74, 6) is 2.55. The zero-order chi connectivity index (χ0) is 27.9. The Labute approximate surface area is 238 Å². The number of fused-ring (bicyclic) bond motifs is 4. The molecule has 40 heavy (non-hydrogen) atoms. The highest BCUT2D eigenvalue weighted by Gasteiger charge is 2.27. The molecule has 1 saturated carbocycles. The van der Waals surface area contributed by atoms with Crippen LogP contribution in [-0.2, 0) is 19.5 Å². The van der Waals surface area contributed by atoms with Gasteiger partial charge in [0.05, 0.1) is 11.0 Å². The molecule has 2 aromatic heterocycles. The van der Waals surface area contributed by atoms with Crippen LogP contribution in [0.25, 0.3) is 32.7 Å². The number of unbranched alkanes of at least 4 members (excludes halogenated alkanes) is 1. The van der Waals surface area contributed by atoms with Crippen molar-refractivity contribution in [1.29, 1.82) is 0 Å². The zero-order valence-electron chi connectivity index (χ0n) is 24.6. The quantitative estimate of drug-likeness (QED) is 0.197. The number of para-hydroxylation sites is 1. The molecule has 0 saturated heterocycles. The number of aryl methyl sites for hydroxylation is 1. The number of hydrogen-bond acceptors (Lipinski definition) is 4. The number of hydrogen-bond donors (Lipinski definition) is 1. The summed E-state index contributed by atoms with van der Waals surface area (Å²) in [6, 6.07) is 22.0. The summed E-state index contributed by atoms with van der Waals surface area (Å²) in [6.45, 7) is 12.2. The first-order valence-electron chi connectivity index (χ1n) is 15.1. The number of rotatable bonds is 10. The normalized spacial score (nSPS) is 14.2. The lowest BCUT2D eigenvalue weighted by molar-refractivity contribution is 0.124. The standard InChI is InChI=1S/C35H43N5/c1-5-6-15-31-38-32-33(29-13-9-10-14-30(29)37-34(32)36)40(31)23-26-19-18-25(27-11-7-8-12-28(26)27)22-39(35(2,3)4)21-20-24-16-17-24/h7-14,18-19,24H,5-6,15-17,20-23H2,1-4H3,(H2,36,37). The van der Waals surface area contributed by atoms with Crippen molar-refractivity contribution >= 4 is 38.5 Å². The molecule has 0 amide bonds. The van der Waals surface area contributed by atoms with Crippen LogP contribution >= 0.6 is 0 Å². The highest BCUT2D eigenvalue weighted by molar-refractivity contribution is 6.06. The fourth-order valence-corrected chi connectivity index (χ4v) is 6.07. The number of imidazole rings is 1. The van der Waals surface area contributed by atoms with E-state index in [9.17, 15) is 0 Å². The van der Waals surface area contributed by atoms with Gasteiger partial charge in [-0.2, -0.15) is 0 Å². The minimum absolute atomic E-state index is 0.133. The van der Waals surface area contributed by atoms with Gasteiger partial charge in [0, 0.05) is 30.4 Å². The summed E-state index contributed by atoms with van der Waals surface area (Å²) in [5, 5.41) is 3.79. The van der Waals surface area contributed by atoms with Crippen LogP contribution in [0.15, 0.2) is 60.7 Å². The van der Waals surface area contributed by atoms with Crippen LogP contribution in [0.4, 0.5) is 5.82 Å². The first-order valence-corrected chi connectivity index (χ1v) is 15.1. The van der Waals surface area contributed by atoms with Gasteiger partial charge in [-0.15, -0.1) is 0 Å². The smallest absolute Gasteiger partial charge is 0.152 e. The highest BCUT2D eigenvalue weighted by Crippen LogP contribution is 2.35. The maximum absolute atomic E-state index is 6.47. The molecule has 208 valence electrons. The second kappa shape index (κ2) is 10.9. The number of nitrogens with two attached hydrogens (primary N) is 1. The van der Waals surface area contributed by atoms with Gasteiger partial charge in [-0.1, -0.05) is 80.8 Å². The van der Waals surface area contributed by atoms with Crippen molar-refractivity contribution in [3.63, 3.8) is 0 Å². The number of aromatic nitrogens is 3. The molecule has 1 aliphatic carbocycles. The summed E-state index contributed by atoms with van der Waals surface area (Å²) >= 11 is 0. The van der Waals surface area contributed by atoms with Gasteiger partial charge in [0.1, 0.15) is 11.3 Å². The summed E-state index contributed by atoms with van der Waals surface area (Å²) in [5.41, 5.74) is 12.2. The van der Waals surface area contributed by atoms with Crippen LogP contribution < -0.4 is 5.73 Å². The predicted octanol–water partition coefficient (Wildman–Crippen LogP) is 8.11. The SMILES string of the molecule is CCCCc1nc2c(N)nc3ccccc3c2n1Cc1ccc(CN(CCC2CC2)C(C)(C)C)c2ccccc12. The van der Waals surface area contributed by atoms with Crippen LogP contribution in [-0.4, -0.2) is 31.5 Å². The largest absolute Gasteiger partial charge is 0.382 e. The maximum atomic E-state index is 6.47. The molecular weight excluding hydrogens is 490 g/mol. The molecule has 2 N–H and O–H groups in total. The van der Waals surface area contributed by atoms with Crippen molar-refractivity contribution in [2.75, 3.05) is 12.3 Å². The van der Waals surface area contributed by atoms with Crippen molar-refractivity contribution in [2.24, 2.45) is 5.92 Å². The summed E-state index contributed by atoms with van der Waals surface area (Å²) in [4.78, 5) is 12.4. The second-order valence-electron chi connectivity index (χ2n) is 12.7. The average molecular weight is 534 g/mol. The molecule has 3 aromatic carbocycles. The molecule has 2 heterocycles. The first-order chi connectivity index (χ1) is 19.3. The van der Waals surface area contributed by atoms with Crippen molar-refractivity contribution < 1.29 is 0 Å². The molecule has 5 aromatic rings. The van der Waals surface area contributed by atoms with E-state index >= 15 is 0 Å². The van der Waals surface area contributed by atoms with E-state index < -0.39 is 0 Å². The van der Waals surface area contributed by atoms with Crippen molar-refractivity contribution in [3.8, 4) is 0 Å². The van der Waals surface area contributed by atoms with Crippen LogP contribution in [0, 0.1) is 5.92 Å². The van der Waals surface area contributed by atoms with Gasteiger partial charge in [0.2, 0.25) is 0 Å². The Hall–Kier alpha value is -3.44. The fourth-order valence-electron chi connectivity index (χ4n) is 6.07. The van der Waals surface area contributed by atoms with Crippen molar-refractivity contribution in [1.82, 2.24) is 19.4 Å². The van der Waals surface area contributed by atoms with E-state index in [2.05, 4.69) is 90.7 Å². The fraction of sp³-hybridized carbons (Fsp3) is 0.429. The van der Waals surface area contributed by atoms with Gasteiger partial charge in [-0.05, 0) is 74.0 Å². The van der Waals surface area contributed by atoms with Crippen LogP contribution in [0.1, 0.15) is 76.8 Å². The van der Waals surface area contributed by atoms with Gasteiger partial charge in [0.15, 0.2) is 5.82 Å². The molecule has 1 fully saturated rings. The van der Waals surface area contributed by atoms with E-state index in [4.69, 9.17) is 10.7 Å². The van der Waals surface area contributed by atoms with E-state index in [1.165, 1.54) is 41.2 Å². The minimum Gasteiger partial charge on any atom is -0.382 e. The monoisotopic (exact) mass is 533 g/mol. The number of anilines is 1. The lowest BCUT2D eigenvalue weighted by Crippen LogP contribution is -2.41. The third-order valence-corrected chi connectivity index (χ3v) is 8.69. The van der Waals surface area contributed by atoms with E-state index in [0.29, 0.717) is 5.82 Å². The molecule has 5 heteroatoms. The summed E-state index contributed by atoms with van der Waals surface area (Å²) in [6.07, 6.45) is 7.29. The Kier molecular flexibility index (Phi) is 7.26. The Balaban J connectivity index is 1.43. The van der Waals surface area contributed by atoms with E-state index in [1.54, 1.807) is 0 Å². The third kappa shape index (κ3) is 5.32. The molecule has 0 bridgehead atoms. The van der Waals surface area contributed by atoms with Crippen LogP contribution in [0.5, 0.6) is 0 Å². The predicted molar refractivity (Wildman–Crippen MR) is 169 cm³/mol. The van der Waals surface area contributed by atoms with E-state index in [1.807, 2.05) is 12.1 Å².